The first-order valence-electron chi connectivity index (χ1n) is 9.53. The molecule has 5 rings (SSSR count). The van der Waals surface area contributed by atoms with Gasteiger partial charge in [0.2, 0.25) is 11.7 Å². The predicted octanol–water partition coefficient (Wildman–Crippen LogP) is 1.86. The van der Waals surface area contributed by atoms with Gasteiger partial charge in [0.25, 0.3) is 5.56 Å². The Morgan fingerprint density at radius 1 is 1.11 bits per heavy atom. The highest BCUT2D eigenvalue weighted by Gasteiger charge is 2.25. The van der Waals surface area contributed by atoms with E-state index in [9.17, 15) is 4.79 Å². The third-order valence-electron chi connectivity index (χ3n) is 5.54. The number of nitrogens with zero attached hydrogens (tertiary/aromatic N) is 4. The molecule has 2 N–H and O–H groups in total. The number of aromatic amines is 1. The van der Waals surface area contributed by atoms with Gasteiger partial charge in [-0.2, -0.15) is 10.1 Å². The topological polar surface area (TPSA) is 110 Å². The Morgan fingerprint density at radius 3 is 2.68 bits per heavy atom. The molecule has 2 aliphatic heterocycles. The van der Waals surface area contributed by atoms with E-state index in [1.165, 1.54) is 0 Å². The average molecular weight is 407 g/mol. The van der Waals surface area contributed by atoms with Crippen LogP contribution in [-0.2, 0) is 4.74 Å². The number of piperidine rings is 1. The summed E-state index contributed by atoms with van der Waals surface area (Å²) < 4.78 is 12.7. The first kappa shape index (κ1) is 19.1. The van der Waals surface area contributed by atoms with E-state index in [0.29, 0.717) is 42.1 Å². The maximum absolute atomic E-state index is 12.3. The average Bonchev–Trinajstić information content (AvgIpc) is 3.35. The molecule has 0 saturated carbocycles. The van der Waals surface area contributed by atoms with Gasteiger partial charge in [0, 0.05) is 31.1 Å². The molecule has 5 heterocycles. The normalized spacial score (nSPS) is 19.0. The maximum atomic E-state index is 12.3. The molecule has 0 unspecified atom stereocenters. The number of fused-ring (bicyclic) bond motifs is 1. The minimum Gasteiger partial charge on any atom is -0.381 e. The van der Waals surface area contributed by atoms with Crippen LogP contribution in [0, 0.1) is 0 Å². The van der Waals surface area contributed by atoms with Crippen molar-refractivity contribution >= 4 is 18.1 Å². The van der Waals surface area contributed by atoms with Gasteiger partial charge in [0.15, 0.2) is 0 Å². The van der Waals surface area contributed by atoms with Crippen molar-refractivity contribution in [1.29, 1.82) is 0 Å². The Bertz CT molecular complexity index is 1000. The Balaban J connectivity index is 0.00000192. The Morgan fingerprint density at radius 2 is 1.89 bits per heavy atom. The molecule has 0 radical (unpaired) electrons. The second-order valence-corrected chi connectivity index (χ2v) is 7.24. The lowest BCUT2D eigenvalue weighted by Crippen LogP contribution is -2.28. The van der Waals surface area contributed by atoms with Crippen LogP contribution < -0.4 is 10.9 Å². The quantitative estimate of drug-likeness (QED) is 0.682. The summed E-state index contributed by atoms with van der Waals surface area (Å²) in [5.41, 5.74) is 2.11. The van der Waals surface area contributed by atoms with E-state index in [1.807, 2.05) is 4.52 Å². The Hall–Kier alpha value is -2.23. The minimum atomic E-state index is -0.133. The molecule has 0 bridgehead atoms. The molecule has 3 aromatic heterocycles. The van der Waals surface area contributed by atoms with Crippen molar-refractivity contribution in [2.75, 3.05) is 26.3 Å². The molecular formula is C18H23ClN6O3. The number of aromatic nitrogens is 5. The summed E-state index contributed by atoms with van der Waals surface area (Å²) >= 11 is 0. The van der Waals surface area contributed by atoms with Crippen molar-refractivity contribution in [3.63, 3.8) is 0 Å². The van der Waals surface area contributed by atoms with Crippen LogP contribution in [0.15, 0.2) is 21.6 Å². The molecule has 0 aromatic carbocycles. The summed E-state index contributed by atoms with van der Waals surface area (Å²) in [5, 5.41) is 12.0. The molecule has 0 amide bonds. The summed E-state index contributed by atoms with van der Waals surface area (Å²) in [5.74, 6) is 1.63. The lowest BCUT2D eigenvalue weighted by atomic mass is 9.94. The van der Waals surface area contributed by atoms with E-state index in [4.69, 9.17) is 9.26 Å². The minimum absolute atomic E-state index is 0. The van der Waals surface area contributed by atoms with Gasteiger partial charge >= 0.3 is 0 Å². The van der Waals surface area contributed by atoms with E-state index >= 15 is 0 Å². The highest BCUT2D eigenvalue weighted by Crippen LogP contribution is 2.30. The van der Waals surface area contributed by atoms with Crippen LogP contribution in [0.3, 0.4) is 0 Å². The highest BCUT2D eigenvalue weighted by atomic mass is 35.5. The van der Waals surface area contributed by atoms with Crippen LogP contribution in [-0.4, -0.2) is 51.0 Å². The molecular weight excluding hydrogens is 384 g/mol. The van der Waals surface area contributed by atoms with Gasteiger partial charge in [0.1, 0.15) is 5.65 Å². The predicted molar refractivity (Wildman–Crippen MR) is 104 cm³/mol. The third-order valence-corrected chi connectivity index (χ3v) is 5.54. The van der Waals surface area contributed by atoms with Crippen LogP contribution in [0.1, 0.15) is 49.1 Å². The second-order valence-electron chi connectivity index (χ2n) is 7.24. The standard InChI is InChI=1S/C18H22N6O3.ClH/c25-15-9-14(11-1-5-19-6-2-11)24-17(21-15)13(10-20-24)16-22-18(27-23-16)12-3-7-26-8-4-12;/h9-12,19H,1-8H2,(H,21,25);1H. The molecule has 28 heavy (non-hydrogen) atoms. The zero-order valence-corrected chi connectivity index (χ0v) is 16.2. The molecule has 9 nitrogen and oxygen atoms in total. The summed E-state index contributed by atoms with van der Waals surface area (Å²) in [4.78, 5) is 19.8. The fourth-order valence-corrected chi connectivity index (χ4v) is 4.04. The van der Waals surface area contributed by atoms with E-state index < -0.39 is 0 Å². The zero-order valence-electron chi connectivity index (χ0n) is 15.4. The number of nitrogens with one attached hydrogen (secondary N) is 2. The Labute approximate surface area is 167 Å². The number of ether oxygens (including phenoxy) is 1. The van der Waals surface area contributed by atoms with Gasteiger partial charge in [0.05, 0.1) is 17.5 Å². The van der Waals surface area contributed by atoms with Crippen LogP contribution in [0.4, 0.5) is 0 Å². The number of rotatable bonds is 3. The van der Waals surface area contributed by atoms with Crippen LogP contribution in [0.5, 0.6) is 0 Å². The van der Waals surface area contributed by atoms with Crippen LogP contribution >= 0.6 is 12.4 Å². The SMILES string of the molecule is Cl.O=c1cc(C2CCNCC2)n2ncc(-c3noc(C4CCOCC4)n3)c2[nH]1. The van der Waals surface area contributed by atoms with Gasteiger partial charge < -0.3 is 19.6 Å². The molecule has 150 valence electrons. The van der Waals surface area contributed by atoms with E-state index in [2.05, 4.69) is 25.5 Å². The fraction of sp³-hybridized carbons (Fsp3) is 0.556. The largest absolute Gasteiger partial charge is 0.381 e. The number of hydrogen-bond donors (Lipinski definition) is 2. The zero-order chi connectivity index (χ0) is 18.2. The third kappa shape index (κ3) is 3.45. The summed E-state index contributed by atoms with van der Waals surface area (Å²) in [7, 11) is 0. The molecule has 10 heteroatoms. The molecule has 0 aliphatic carbocycles. The summed E-state index contributed by atoms with van der Waals surface area (Å²) in [6.07, 6.45) is 5.45. The molecule has 0 spiro atoms. The fourth-order valence-electron chi connectivity index (χ4n) is 4.04. The van der Waals surface area contributed by atoms with Crippen molar-refractivity contribution in [2.45, 2.75) is 37.5 Å². The number of halogens is 1. The van der Waals surface area contributed by atoms with Crippen molar-refractivity contribution in [3.8, 4) is 11.4 Å². The second kappa shape index (κ2) is 8.02. The molecule has 2 fully saturated rings. The lowest BCUT2D eigenvalue weighted by Gasteiger charge is -2.23. The van der Waals surface area contributed by atoms with Gasteiger partial charge in [-0.3, -0.25) is 4.79 Å². The van der Waals surface area contributed by atoms with Crippen molar-refractivity contribution in [3.05, 3.63) is 34.2 Å². The molecule has 0 atom stereocenters. The molecule has 2 aliphatic rings. The van der Waals surface area contributed by atoms with E-state index in [0.717, 1.165) is 44.5 Å². The lowest BCUT2D eigenvalue weighted by molar-refractivity contribution is 0.0778. The van der Waals surface area contributed by atoms with Gasteiger partial charge in [-0.05, 0) is 38.8 Å². The first-order valence-corrected chi connectivity index (χ1v) is 9.53. The van der Waals surface area contributed by atoms with Crippen molar-refractivity contribution < 1.29 is 9.26 Å². The van der Waals surface area contributed by atoms with Crippen LogP contribution in [0.2, 0.25) is 0 Å². The monoisotopic (exact) mass is 406 g/mol. The first-order chi connectivity index (χ1) is 13.3. The summed E-state index contributed by atoms with van der Waals surface area (Å²) in [6.45, 7) is 3.33. The smallest absolute Gasteiger partial charge is 0.251 e. The molecule has 2 saturated heterocycles. The van der Waals surface area contributed by atoms with E-state index in [1.54, 1.807) is 12.3 Å². The van der Waals surface area contributed by atoms with Crippen molar-refractivity contribution in [1.82, 2.24) is 30.1 Å². The van der Waals surface area contributed by atoms with Gasteiger partial charge in [-0.25, -0.2) is 4.52 Å². The van der Waals surface area contributed by atoms with Crippen molar-refractivity contribution in [2.24, 2.45) is 0 Å². The maximum Gasteiger partial charge on any atom is 0.251 e. The van der Waals surface area contributed by atoms with Gasteiger partial charge in [-0.1, -0.05) is 5.16 Å². The highest BCUT2D eigenvalue weighted by molar-refractivity contribution is 5.85. The summed E-state index contributed by atoms with van der Waals surface area (Å²) in [6, 6.07) is 1.66. The molecule has 3 aromatic rings. The van der Waals surface area contributed by atoms with Crippen LogP contribution in [0.25, 0.3) is 17.0 Å². The number of H-pyrrole nitrogens is 1. The number of hydrogen-bond acceptors (Lipinski definition) is 7. The van der Waals surface area contributed by atoms with E-state index in [-0.39, 0.29) is 23.9 Å². The Kier molecular flexibility index (Phi) is 5.47. The van der Waals surface area contributed by atoms with Gasteiger partial charge in [-0.15, -0.1) is 12.4 Å².